The first-order valence-corrected chi connectivity index (χ1v) is 5.20. The third-order valence-electron chi connectivity index (χ3n) is 2.77. The van der Waals surface area contributed by atoms with Gasteiger partial charge in [-0.3, -0.25) is 0 Å². The van der Waals surface area contributed by atoms with Crippen molar-refractivity contribution in [2.75, 3.05) is 14.2 Å². The van der Waals surface area contributed by atoms with Gasteiger partial charge in [0.25, 0.3) is 0 Å². The van der Waals surface area contributed by atoms with Gasteiger partial charge < -0.3 is 14.6 Å². The first kappa shape index (κ1) is 13.4. The van der Waals surface area contributed by atoms with Crippen LogP contribution in [-0.4, -0.2) is 36.4 Å². The molecule has 1 heterocycles. The van der Waals surface area contributed by atoms with Crippen LogP contribution in [0.4, 0.5) is 0 Å². The van der Waals surface area contributed by atoms with E-state index in [-0.39, 0.29) is 0 Å². The number of carbonyl (C=O) groups is 1. The van der Waals surface area contributed by atoms with Gasteiger partial charge in [-0.15, -0.1) is 0 Å². The molecular formula is C12H17NO4. The number of aliphatic carboxylic acids is 1. The summed E-state index contributed by atoms with van der Waals surface area (Å²) in [5, 5.41) is 9.15. The largest absolute Gasteiger partial charge is 0.481 e. The Bertz CT molecular complexity index is 403. The van der Waals surface area contributed by atoms with Crippen LogP contribution in [0, 0.1) is 0 Å². The van der Waals surface area contributed by atoms with Gasteiger partial charge in [0.05, 0.1) is 7.11 Å². The number of pyridine rings is 1. The van der Waals surface area contributed by atoms with Gasteiger partial charge in [-0.2, -0.15) is 0 Å². The standard InChI is InChI=1S/C12H17NO4/c1-12(2,9(16-3)11(14)15)8-6-5-7-13-10(8)17-4/h5-7,9H,1-4H3,(H,14,15). The lowest BCUT2D eigenvalue weighted by Crippen LogP contribution is -2.41. The normalized spacial score (nSPS) is 13.2. The van der Waals surface area contributed by atoms with Gasteiger partial charge in [-0.05, 0) is 6.07 Å². The lowest BCUT2D eigenvalue weighted by atomic mass is 9.79. The van der Waals surface area contributed by atoms with Crippen LogP contribution in [0.2, 0.25) is 0 Å². The van der Waals surface area contributed by atoms with Crippen molar-refractivity contribution in [3.8, 4) is 5.88 Å². The molecule has 1 aromatic heterocycles. The molecule has 1 rings (SSSR count). The molecule has 0 amide bonds. The van der Waals surface area contributed by atoms with Crippen LogP contribution >= 0.6 is 0 Å². The predicted octanol–water partition coefficient (Wildman–Crippen LogP) is 1.47. The smallest absolute Gasteiger partial charge is 0.333 e. The number of ether oxygens (including phenoxy) is 2. The summed E-state index contributed by atoms with van der Waals surface area (Å²) in [6.07, 6.45) is 0.640. The molecule has 0 radical (unpaired) electrons. The van der Waals surface area contributed by atoms with Crippen molar-refractivity contribution in [3.05, 3.63) is 23.9 Å². The molecule has 0 aromatic carbocycles. The van der Waals surface area contributed by atoms with Crippen molar-refractivity contribution in [1.29, 1.82) is 0 Å². The Morgan fingerprint density at radius 1 is 1.47 bits per heavy atom. The van der Waals surface area contributed by atoms with Gasteiger partial charge in [0.15, 0.2) is 6.10 Å². The van der Waals surface area contributed by atoms with E-state index in [0.29, 0.717) is 11.4 Å². The fourth-order valence-corrected chi connectivity index (χ4v) is 1.89. The highest BCUT2D eigenvalue weighted by Gasteiger charge is 2.39. The van der Waals surface area contributed by atoms with Crippen LogP contribution in [0.1, 0.15) is 19.4 Å². The van der Waals surface area contributed by atoms with Gasteiger partial charge in [0.1, 0.15) is 0 Å². The summed E-state index contributed by atoms with van der Waals surface area (Å²) >= 11 is 0. The van der Waals surface area contributed by atoms with E-state index in [0.717, 1.165) is 0 Å². The summed E-state index contributed by atoms with van der Waals surface area (Å²) in [6.45, 7) is 3.57. The van der Waals surface area contributed by atoms with E-state index >= 15 is 0 Å². The number of nitrogens with zero attached hydrogens (tertiary/aromatic N) is 1. The molecule has 0 aliphatic heterocycles. The molecule has 1 atom stereocenters. The van der Waals surface area contributed by atoms with Crippen molar-refractivity contribution in [2.24, 2.45) is 0 Å². The lowest BCUT2D eigenvalue weighted by Gasteiger charge is -2.31. The van der Waals surface area contributed by atoms with Gasteiger partial charge in [-0.25, -0.2) is 9.78 Å². The first-order chi connectivity index (χ1) is 7.95. The fourth-order valence-electron chi connectivity index (χ4n) is 1.89. The number of carboxylic acid groups (broad SMARTS) is 1. The highest BCUT2D eigenvalue weighted by atomic mass is 16.5. The van der Waals surface area contributed by atoms with Crippen LogP contribution in [0.15, 0.2) is 18.3 Å². The molecule has 0 bridgehead atoms. The predicted molar refractivity (Wildman–Crippen MR) is 62.2 cm³/mol. The molecular weight excluding hydrogens is 222 g/mol. The summed E-state index contributed by atoms with van der Waals surface area (Å²) in [5.74, 6) is -0.593. The maximum Gasteiger partial charge on any atom is 0.333 e. The van der Waals surface area contributed by atoms with Crippen LogP contribution in [-0.2, 0) is 14.9 Å². The Kier molecular flexibility index (Phi) is 4.07. The molecule has 0 saturated carbocycles. The first-order valence-electron chi connectivity index (χ1n) is 5.20. The van der Waals surface area contributed by atoms with E-state index in [1.54, 1.807) is 32.2 Å². The third-order valence-corrected chi connectivity index (χ3v) is 2.77. The summed E-state index contributed by atoms with van der Waals surface area (Å²) in [7, 11) is 2.88. The van der Waals surface area contributed by atoms with Gasteiger partial charge in [-0.1, -0.05) is 19.9 Å². The van der Waals surface area contributed by atoms with E-state index in [4.69, 9.17) is 14.6 Å². The van der Waals surface area contributed by atoms with E-state index in [1.807, 2.05) is 0 Å². The summed E-state index contributed by atoms with van der Waals surface area (Å²) in [4.78, 5) is 15.2. The highest BCUT2D eigenvalue weighted by Crippen LogP contribution is 2.34. The van der Waals surface area contributed by atoms with E-state index in [1.165, 1.54) is 14.2 Å². The maximum absolute atomic E-state index is 11.2. The van der Waals surface area contributed by atoms with E-state index < -0.39 is 17.5 Å². The fraction of sp³-hybridized carbons (Fsp3) is 0.500. The van der Waals surface area contributed by atoms with Crippen LogP contribution in [0.5, 0.6) is 5.88 Å². The monoisotopic (exact) mass is 239 g/mol. The summed E-state index contributed by atoms with van der Waals surface area (Å²) in [6, 6.07) is 3.54. The SMILES string of the molecule is COc1ncccc1C(C)(C)C(OC)C(=O)O. The Labute approximate surface area is 100 Å². The molecule has 1 unspecified atom stereocenters. The van der Waals surface area contributed by atoms with Crippen LogP contribution < -0.4 is 4.74 Å². The minimum atomic E-state index is -1.01. The van der Waals surface area contributed by atoms with Gasteiger partial charge >= 0.3 is 5.97 Å². The molecule has 0 fully saturated rings. The Balaban J connectivity index is 3.23. The summed E-state index contributed by atoms with van der Waals surface area (Å²) in [5.41, 5.74) is -0.0306. The second-order valence-corrected chi connectivity index (χ2v) is 4.24. The summed E-state index contributed by atoms with van der Waals surface area (Å²) < 4.78 is 10.2. The van der Waals surface area contributed by atoms with Crippen molar-refractivity contribution >= 4 is 5.97 Å². The number of aromatic nitrogens is 1. The topological polar surface area (TPSA) is 68.7 Å². The maximum atomic E-state index is 11.2. The number of carboxylic acids is 1. The lowest BCUT2D eigenvalue weighted by molar-refractivity contribution is -0.152. The average molecular weight is 239 g/mol. The second kappa shape index (κ2) is 5.14. The molecule has 0 aliphatic carbocycles. The van der Waals surface area contributed by atoms with Crippen molar-refractivity contribution < 1.29 is 19.4 Å². The number of hydrogen-bond acceptors (Lipinski definition) is 4. The number of rotatable bonds is 5. The molecule has 5 heteroatoms. The van der Waals surface area contributed by atoms with E-state index in [9.17, 15) is 4.79 Å². The number of methoxy groups -OCH3 is 2. The van der Waals surface area contributed by atoms with Crippen LogP contribution in [0.25, 0.3) is 0 Å². The van der Waals surface area contributed by atoms with Crippen LogP contribution in [0.3, 0.4) is 0 Å². The average Bonchev–Trinajstić information content (AvgIpc) is 2.29. The molecule has 0 aliphatic rings. The molecule has 0 saturated heterocycles. The number of hydrogen-bond donors (Lipinski definition) is 1. The van der Waals surface area contributed by atoms with Crippen molar-refractivity contribution in [1.82, 2.24) is 4.98 Å². The quantitative estimate of drug-likeness (QED) is 0.842. The van der Waals surface area contributed by atoms with E-state index in [2.05, 4.69) is 4.98 Å². The Morgan fingerprint density at radius 3 is 2.59 bits per heavy atom. The zero-order valence-corrected chi connectivity index (χ0v) is 10.4. The second-order valence-electron chi connectivity index (χ2n) is 4.24. The van der Waals surface area contributed by atoms with Crippen molar-refractivity contribution in [3.63, 3.8) is 0 Å². The molecule has 0 spiro atoms. The minimum absolute atomic E-state index is 0.417. The van der Waals surface area contributed by atoms with Gasteiger partial charge in [0, 0.05) is 24.3 Å². The highest BCUT2D eigenvalue weighted by molar-refractivity contribution is 5.75. The zero-order chi connectivity index (χ0) is 13.1. The molecule has 17 heavy (non-hydrogen) atoms. The molecule has 5 nitrogen and oxygen atoms in total. The molecule has 1 aromatic rings. The molecule has 94 valence electrons. The van der Waals surface area contributed by atoms with Crippen molar-refractivity contribution in [2.45, 2.75) is 25.4 Å². The minimum Gasteiger partial charge on any atom is -0.481 e. The Morgan fingerprint density at radius 2 is 2.12 bits per heavy atom. The zero-order valence-electron chi connectivity index (χ0n) is 10.4. The van der Waals surface area contributed by atoms with Gasteiger partial charge in [0.2, 0.25) is 5.88 Å². The Hall–Kier alpha value is -1.62. The third kappa shape index (κ3) is 2.55. The molecule has 1 N–H and O–H groups in total.